The minimum Gasteiger partial charge on any atom is -0.257 e. The molecule has 0 saturated heterocycles. The van der Waals surface area contributed by atoms with Gasteiger partial charge in [0.25, 0.3) is 0 Å². The topological polar surface area (TPSA) is 12.9 Å². The molecule has 0 saturated carbocycles. The van der Waals surface area contributed by atoms with Crippen molar-refractivity contribution in [2.75, 3.05) is 0 Å². The predicted molar refractivity (Wildman–Crippen MR) is 153 cm³/mol. The Balaban J connectivity index is 2.29. The highest BCUT2D eigenvalue weighted by Crippen LogP contribution is 2.43. The maximum atomic E-state index is 5.28. The van der Waals surface area contributed by atoms with Crippen LogP contribution in [0.5, 0.6) is 0 Å². The number of benzene rings is 2. The van der Waals surface area contributed by atoms with Crippen LogP contribution in [0.1, 0.15) is 91.9 Å². The molecule has 0 fully saturated rings. The molecule has 0 radical (unpaired) electrons. The van der Waals surface area contributed by atoms with Gasteiger partial charge in [0.05, 0.1) is 0 Å². The van der Waals surface area contributed by atoms with Crippen molar-refractivity contribution >= 4 is 18.5 Å². The number of nitrogens with zero attached hydrogens (tertiary/aromatic N) is 1. The summed E-state index contributed by atoms with van der Waals surface area (Å²) in [4.78, 5) is 5.28. The van der Waals surface area contributed by atoms with E-state index in [0.29, 0.717) is 0 Å². The van der Waals surface area contributed by atoms with E-state index in [2.05, 4.69) is 119 Å². The molecule has 34 heavy (non-hydrogen) atoms. The SMILES string of the molecule is Cc1cc(C)c(P(Cc2cc(C(C)(C)C)cc(C(C)(C)C)n2)c2c(C)cc(C)cc2C)c(C)c1. The van der Waals surface area contributed by atoms with E-state index in [1.165, 1.54) is 60.9 Å². The van der Waals surface area contributed by atoms with Crippen molar-refractivity contribution < 1.29 is 0 Å². The quantitative estimate of drug-likeness (QED) is 0.348. The lowest BCUT2D eigenvalue weighted by atomic mass is 9.83. The highest BCUT2D eigenvalue weighted by Gasteiger charge is 2.26. The first-order chi connectivity index (χ1) is 15.6. The average molecular weight is 474 g/mol. The van der Waals surface area contributed by atoms with Gasteiger partial charge in [-0.15, -0.1) is 0 Å². The van der Waals surface area contributed by atoms with Gasteiger partial charge in [-0.3, -0.25) is 4.98 Å². The van der Waals surface area contributed by atoms with Gasteiger partial charge in [-0.1, -0.05) is 76.9 Å². The molecule has 1 nitrogen and oxygen atoms in total. The molecule has 182 valence electrons. The number of rotatable bonds is 4. The van der Waals surface area contributed by atoms with E-state index < -0.39 is 7.92 Å². The molecule has 0 unspecified atom stereocenters. The summed E-state index contributed by atoms with van der Waals surface area (Å²) in [7, 11) is -0.594. The molecule has 0 aliphatic rings. The standard InChI is InChI=1S/C32H44NP/c1-20-13-22(3)29(23(4)14-20)34(30-24(5)15-21(2)16-25(30)6)19-27-17-26(31(7,8)9)18-28(33-27)32(10,11)12/h13-18H,19H2,1-12H3. The third-order valence-electron chi connectivity index (χ3n) is 6.64. The molecule has 1 aromatic heterocycles. The lowest BCUT2D eigenvalue weighted by Gasteiger charge is -2.29. The Morgan fingerprint density at radius 2 is 1.00 bits per heavy atom. The van der Waals surface area contributed by atoms with Crippen LogP contribution in [0.25, 0.3) is 0 Å². The van der Waals surface area contributed by atoms with Crippen LogP contribution >= 0.6 is 7.92 Å². The van der Waals surface area contributed by atoms with E-state index in [0.717, 1.165) is 6.16 Å². The predicted octanol–water partition coefficient (Wildman–Crippen LogP) is 8.16. The van der Waals surface area contributed by atoms with Gasteiger partial charge in [0.15, 0.2) is 0 Å². The maximum absolute atomic E-state index is 5.28. The third kappa shape index (κ3) is 5.80. The highest BCUT2D eigenvalue weighted by molar-refractivity contribution is 7.72. The van der Waals surface area contributed by atoms with E-state index in [1.807, 2.05) is 0 Å². The Labute approximate surface area is 210 Å². The Morgan fingerprint density at radius 3 is 1.35 bits per heavy atom. The summed E-state index contributed by atoms with van der Waals surface area (Å²) in [6, 6.07) is 14.1. The Bertz CT molecular complexity index is 1070. The molecule has 0 amide bonds. The van der Waals surface area contributed by atoms with Gasteiger partial charge in [-0.05, 0) is 105 Å². The first-order valence-corrected chi connectivity index (χ1v) is 14.1. The molecule has 0 spiro atoms. The van der Waals surface area contributed by atoms with Crippen molar-refractivity contribution in [2.45, 2.75) is 100 Å². The lowest BCUT2D eigenvalue weighted by Crippen LogP contribution is -2.24. The van der Waals surface area contributed by atoms with Gasteiger partial charge in [0, 0.05) is 23.0 Å². The Hall–Kier alpha value is -1.98. The van der Waals surface area contributed by atoms with Crippen LogP contribution < -0.4 is 10.6 Å². The van der Waals surface area contributed by atoms with Crippen LogP contribution in [0.3, 0.4) is 0 Å². The molecule has 0 N–H and O–H groups in total. The molecule has 3 rings (SSSR count). The van der Waals surface area contributed by atoms with Crippen LogP contribution in [0.15, 0.2) is 36.4 Å². The van der Waals surface area contributed by atoms with Crippen LogP contribution in [0.2, 0.25) is 0 Å². The summed E-state index contributed by atoms with van der Waals surface area (Å²) in [5, 5.41) is 3.05. The molecule has 0 aliphatic carbocycles. The fourth-order valence-corrected chi connectivity index (χ4v) is 8.10. The van der Waals surface area contributed by atoms with E-state index in [9.17, 15) is 0 Å². The first kappa shape index (κ1) is 26.6. The largest absolute Gasteiger partial charge is 0.257 e. The number of pyridine rings is 1. The smallest absolute Gasteiger partial charge is 0.0463 e. The van der Waals surface area contributed by atoms with Gasteiger partial charge < -0.3 is 0 Å². The van der Waals surface area contributed by atoms with Crippen LogP contribution in [-0.2, 0) is 17.0 Å². The Kier molecular flexibility index (Phi) is 7.50. The second kappa shape index (κ2) is 9.58. The summed E-state index contributed by atoms with van der Waals surface area (Å²) in [6.45, 7) is 27.3. The second-order valence-electron chi connectivity index (χ2n) is 12.3. The summed E-state index contributed by atoms with van der Waals surface area (Å²) in [5.74, 6) is 0. The van der Waals surface area contributed by atoms with Crippen molar-refractivity contribution in [3.8, 4) is 0 Å². The zero-order chi connectivity index (χ0) is 25.6. The highest BCUT2D eigenvalue weighted by atomic mass is 31.1. The van der Waals surface area contributed by atoms with Crippen molar-refractivity contribution in [1.82, 2.24) is 4.98 Å². The third-order valence-corrected chi connectivity index (χ3v) is 9.77. The molecule has 0 bridgehead atoms. The minimum atomic E-state index is -0.594. The van der Waals surface area contributed by atoms with Crippen LogP contribution in [0, 0.1) is 41.5 Å². The van der Waals surface area contributed by atoms with Gasteiger partial charge in [0.2, 0.25) is 0 Å². The van der Waals surface area contributed by atoms with Crippen LogP contribution in [0.4, 0.5) is 0 Å². The van der Waals surface area contributed by atoms with Crippen molar-refractivity contribution in [3.63, 3.8) is 0 Å². The van der Waals surface area contributed by atoms with Crippen molar-refractivity contribution in [2.24, 2.45) is 0 Å². The van der Waals surface area contributed by atoms with E-state index in [4.69, 9.17) is 4.98 Å². The normalized spacial score (nSPS) is 12.5. The van der Waals surface area contributed by atoms with Gasteiger partial charge in [-0.2, -0.15) is 0 Å². The van der Waals surface area contributed by atoms with Crippen molar-refractivity contribution in [1.29, 1.82) is 0 Å². The Morgan fingerprint density at radius 1 is 0.588 bits per heavy atom. The second-order valence-corrected chi connectivity index (χ2v) is 14.4. The summed E-state index contributed by atoms with van der Waals surface area (Å²) in [6.07, 6.45) is 0.970. The fourth-order valence-electron chi connectivity index (χ4n) is 5.11. The molecule has 2 aromatic carbocycles. The number of hydrogen-bond donors (Lipinski definition) is 0. The number of hydrogen-bond acceptors (Lipinski definition) is 1. The minimum absolute atomic E-state index is 0.0180. The summed E-state index contributed by atoms with van der Waals surface area (Å²) >= 11 is 0. The number of aromatic nitrogens is 1. The number of aryl methyl sites for hydroxylation is 6. The maximum Gasteiger partial charge on any atom is 0.0463 e. The van der Waals surface area contributed by atoms with E-state index >= 15 is 0 Å². The van der Waals surface area contributed by atoms with E-state index in [1.54, 1.807) is 0 Å². The summed E-state index contributed by atoms with van der Waals surface area (Å²) < 4.78 is 0. The molecule has 1 heterocycles. The van der Waals surface area contributed by atoms with Gasteiger partial charge >= 0.3 is 0 Å². The molecule has 0 aliphatic heterocycles. The van der Waals surface area contributed by atoms with E-state index in [-0.39, 0.29) is 10.8 Å². The zero-order valence-corrected chi connectivity index (χ0v) is 24.5. The zero-order valence-electron chi connectivity index (χ0n) is 23.6. The van der Waals surface area contributed by atoms with Gasteiger partial charge in [-0.25, -0.2) is 0 Å². The fraction of sp³-hybridized carbons (Fsp3) is 0.469. The van der Waals surface area contributed by atoms with Crippen molar-refractivity contribution in [3.05, 3.63) is 86.7 Å². The summed E-state index contributed by atoms with van der Waals surface area (Å²) in [5.41, 5.74) is 12.2. The molecule has 0 atom stereocenters. The first-order valence-electron chi connectivity index (χ1n) is 12.5. The molecule has 2 heteroatoms. The van der Waals surface area contributed by atoms with Crippen LogP contribution in [-0.4, -0.2) is 4.98 Å². The lowest BCUT2D eigenvalue weighted by molar-refractivity contribution is 0.550. The average Bonchev–Trinajstić information content (AvgIpc) is 2.64. The molecular formula is C32H44NP. The monoisotopic (exact) mass is 473 g/mol. The molecule has 3 aromatic rings. The van der Waals surface area contributed by atoms with Gasteiger partial charge in [0.1, 0.15) is 0 Å². The molecular weight excluding hydrogens is 429 g/mol.